The monoisotopic (exact) mass is 692 g/mol. The average Bonchev–Trinajstić information content (AvgIpc) is 3.45. The van der Waals surface area contributed by atoms with Crippen molar-refractivity contribution >= 4 is 16.8 Å². The Morgan fingerprint density at radius 3 is 1.85 bits per heavy atom. The van der Waals surface area contributed by atoms with Crippen molar-refractivity contribution in [1.82, 2.24) is 9.97 Å². The van der Waals surface area contributed by atoms with Crippen molar-refractivity contribution < 1.29 is 0 Å². The highest BCUT2D eigenvalue weighted by Crippen LogP contribution is 2.52. The fourth-order valence-corrected chi connectivity index (χ4v) is 8.40. The van der Waals surface area contributed by atoms with Gasteiger partial charge < -0.3 is 0 Å². The van der Waals surface area contributed by atoms with E-state index < -0.39 is 0 Å². The van der Waals surface area contributed by atoms with Crippen molar-refractivity contribution in [2.75, 3.05) is 0 Å². The van der Waals surface area contributed by atoms with E-state index in [9.17, 15) is 0 Å². The Labute approximate surface area is 317 Å². The molecular weight excluding hydrogens is 653 g/mol. The minimum absolute atomic E-state index is 0.125. The van der Waals surface area contributed by atoms with E-state index in [1.807, 2.05) is 18.2 Å². The molecule has 0 saturated heterocycles. The van der Waals surface area contributed by atoms with Crippen LogP contribution in [0, 0.1) is 6.92 Å². The number of nitrogens with zero attached hydrogens (tertiary/aromatic N) is 2. The molecule has 0 unspecified atom stereocenters. The minimum atomic E-state index is -0.125. The minimum Gasteiger partial charge on any atom is -0.228 e. The maximum absolute atomic E-state index is 5.34. The van der Waals surface area contributed by atoms with Gasteiger partial charge in [0.1, 0.15) is 0 Å². The summed E-state index contributed by atoms with van der Waals surface area (Å²) in [6.07, 6.45) is 6.11. The highest BCUT2D eigenvalue weighted by Gasteiger charge is 2.37. The van der Waals surface area contributed by atoms with Crippen molar-refractivity contribution in [1.29, 1.82) is 0 Å². The largest absolute Gasteiger partial charge is 0.228 e. The molecule has 2 heteroatoms. The molecule has 1 aliphatic rings. The molecule has 0 spiro atoms. The van der Waals surface area contributed by atoms with Gasteiger partial charge in [0.15, 0.2) is 5.82 Å². The van der Waals surface area contributed by atoms with Crippen LogP contribution in [0.1, 0.15) is 36.1 Å². The quantitative estimate of drug-likeness (QED) is 0.155. The van der Waals surface area contributed by atoms with E-state index in [0.29, 0.717) is 5.82 Å². The van der Waals surface area contributed by atoms with Crippen molar-refractivity contribution in [3.8, 4) is 67.3 Å². The van der Waals surface area contributed by atoms with Crippen LogP contribution < -0.4 is 0 Å². The Kier molecular flexibility index (Phi) is 8.24. The van der Waals surface area contributed by atoms with E-state index in [0.717, 1.165) is 44.6 Å². The Hall–Kier alpha value is -6.64. The predicted octanol–water partition coefficient (Wildman–Crippen LogP) is 13.8. The van der Waals surface area contributed by atoms with Gasteiger partial charge in [-0.25, -0.2) is 9.97 Å². The first-order chi connectivity index (χ1) is 26.4. The number of hydrogen-bond donors (Lipinski definition) is 0. The summed E-state index contributed by atoms with van der Waals surface area (Å²) in [5, 5.41) is 2.29. The number of aromatic nitrogens is 2. The molecule has 0 bridgehead atoms. The number of allylic oxidation sites excluding steroid dienone is 2. The summed E-state index contributed by atoms with van der Waals surface area (Å²) in [7, 11) is 0. The smallest absolute Gasteiger partial charge is 0.161 e. The molecule has 0 fully saturated rings. The molecule has 0 saturated carbocycles. The third-order valence-electron chi connectivity index (χ3n) is 11.0. The fourth-order valence-electron chi connectivity index (χ4n) is 8.40. The van der Waals surface area contributed by atoms with Crippen LogP contribution in [-0.4, -0.2) is 9.97 Å². The zero-order chi connectivity index (χ0) is 36.8. The van der Waals surface area contributed by atoms with E-state index in [4.69, 9.17) is 9.97 Å². The van der Waals surface area contributed by atoms with Gasteiger partial charge in [-0.15, -0.1) is 0 Å². The summed E-state index contributed by atoms with van der Waals surface area (Å²) in [6, 6.07) is 56.3. The van der Waals surface area contributed by atoms with Crippen LogP contribution in [0.25, 0.3) is 84.1 Å². The van der Waals surface area contributed by atoms with Crippen LogP contribution >= 0.6 is 0 Å². The third-order valence-corrected chi connectivity index (χ3v) is 11.0. The fraction of sp³-hybridized carbons (Fsp3) is 0.0769. The lowest BCUT2D eigenvalue weighted by Gasteiger charge is -2.24. The van der Waals surface area contributed by atoms with Crippen LogP contribution in [0.5, 0.6) is 0 Å². The van der Waals surface area contributed by atoms with E-state index in [2.05, 4.69) is 185 Å². The normalized spacial score (nSPS) is 12.9. The second-order valence-electron chi connectivity index (χ2n) is 14.6. The topological polar surface area (TPSA) is 25.8 Å². The molecule has 0 amide bonds. The maximum Gasteiger partial charge on any atom is 0.161 e. The van der Waals surface area contributed by atoms with Gasteiger partial charge in [-0.3, -0.25) is 0 Å². The molecule has 0 N–H and O–H groups in total. The van der Waals surface area contributed by atoms with Crippen molar-refractivity contribution in [3.63, 3.8) is 0 Å². The highest BCUT2D eigenvalue weighted by atomic mass is 14.9. The van der Waals surface area contributed by atoms with E-state index in [1.54, 1.807) is 0 Å². The van der Waals surface area contributed by atoms with Gasteiger partial charge in [0.2, 0.25) is 0 Å². The summed E-state index contributed by atoms with van der Waals surface area (Å²) in [5.41, 5.74) is 17.4. The Balaban J connectivity index is 1.21. The number of hydrogen-bond acceptors (Lipinski definition) is 2. The van der Waals surface area contributed by atoms with E-state index in [1.165, 1.54) is 49.9 Å². The van der Waals surface area contributed by atoms with Gasteiger partial charge >= 0.3 is 0 Å². The molecule has 7 aromatic carbocycles. The lowest BCUT2D eigenvalue weighted by molar-refractivity contribution is 0.658. The zero-order valence-corrected chi connectivity index (χ0v) is 30.8. The Morgan fingerprint density at radius 2 is 1.11 bits per heavy atom. The van der Waals surface area contributed by atoms with Crippen LogP contribution in [0.2, 0.25) is 0 Å². The number of benzene rings is 7. The first kappa shape index (κ1) is 33.2. The van der Waals surface area contributed by atoms with Gasteiger partial charge in [0.05, 0.1) is 11.4 Å². The summed E-state index contributed by atoms with van der Waals surface area (Å²) in [6.45, 7) is 10.8. The SMILES string of the molecule is C=C/C=C\c1c(C)ccc2c1C(C)(C)c1ccc(-c3ccc(-c4nc(-c5ccccc5)cc(-c5ccccc5-c5ccccc5)n4)c4ccccc34)cc1-2. The molecule has 8 aromatic rings. The molecule has 1 heterocycles. The van der Waals surface area contributed by atoms with E-state index in [-0.39, 0.29) is 5.41 Å². The second kappa shape index (κ2) is 13.4. The summed E-state index contributed by atoms with van der Waals surface area (Å²) in [5.74, 6) is 0.706. The third kappa shape index (κ3) is 5.59. The van der Waals surface area contributed by atoms with Crippen LogP contribution in [-0.2, 0) is 5.41 Å². The van der Waals surface area contributed by atoms with Gasteiger partial charge in [-0.1, -0.05) is 178 Å². The predicted molar refractivity (Wildman–Crippen MR) is 228 cm³/mol. The summed E-state index contributed by atoms with van der Waals surface area (Å²) in [4.78, 5) is 10.6. The summed E-state index contributed by atoms with van der Waals surface area (Å²) < 4.78 is 0. The number of aryl methyl sites for hydroxylation is 1. The lowest BCUT2D eigenvalue weighted by atomic mass is 9.79. The molecule has 2 nitrogen and oxygen atoms in total. The van der Waals surface area contributed by atoms with Crippen LogP contribution in [0.4, 0.5) is 0 Å². The lowest BCUT2D eigenvalue weighted by Crippen LogP contribution is -2.17. The van der Waals surface area contributed by atoms with Gasteiger partial charge in [0, 0.05) is 22.1 Å². The van der Waals surface area contributed by atoms with Crippen LogP contribution in [0.3, 0.4) is 0 Å². The maximum atomic E-state index is 5.34. The molecule has 0 aliphatic heterocycles. The van der Waals surface area contributed by atoms with E-state index >= 15 is 0 Å². The molecular formula is C52H40N2. The highest BCUT2D eigenvalue weighted by molar-refractivity contribution is 6.05. The van der Waals surface area contributed by atoms with Gasteiger partial charge in [-0.05, 0) is 91.5 Å². The molecule has 1 aromatic heterocycles. The second-order valence-corrected chi connectivity index (χ2v) is 14.6. The average molecular weight is 693 g/mol. The molecule has 9 rings (SSSR count). The number of fused-ring (bicyclic) bond motifs is 4. The summed E-state index contributed by atoms with van der Waals surface area (Å²) >= 11 is 0. The van der Waals surface area contributed by atoms with Crippen molar-refractivity contribution in [2.45, 2.75) is 26.2 Å². The van der Waals surface area contributed by atoms with Gasteiger partial charge in [-0.2, -0.15) is 0 Å². The van der Waals surface area contributed by atoms with Crippen molar-refractivity contribution in [3.05, 3.63) is 199 Å². The molecule has 258 valence electrons. The first-order valence-electron chi connectivity index (χ1n) is 18.6. The molecule has 0 atom stereocenters. The first-order valence-corrected chi connectivity index (χ1v) is 18.6. The Morgan fingerprint density at radius 1 is 0.500 bits per heavy atom. The van der Waals surface area contributed by atoms with Crippen LogP contribution in [0.15, 0.2) is 176 Å². The van der Waals surface area contributed by atoms with Crippen molar-refractivity contribution in [2.24, 2.45) is 0 Å². The Bertz CT molecular complexity index is 2750. The molecule has 1 aliphatic carbocycles. The zero-order valence-electron chi connectivity index (χ0n) is 30.8. The standard InChI is InChI=1S/C52H40N2/c1-5-6-21-38-34(2)26-28-44-46-32-37(27-31-47(46)52(3,4)50(38)44)40-29-30-45(42-24-15-14-23-41(40)42)51-53-48(36-19-11-8-12-20-36)33-49(54-51)43-25-16-13-22-39(43)35-17-9-7-10-18-35/h5-33H,1H2,2-4H3/b21-6-. The molecule has 0 radical (unpaired) electrons. The van der Waals surface area contributed by atoms with Gasteiger partial charge in [0.25, 0.3) is 0 Å². The molecule has 54 heavy (non-hydrogen) atoms. The number of rotatable bonds is 7.